The van der Waals surface area contributed by atoms with Crippen molar-refractivity contribution in [3.8, 4) is 5.75 Å². The largest absolute Gasteiger partial charge is 0.496 e. The van der Waals surface area contributed by atoms with E-state index < -0.39 is 0 Å². The number of rotatable bonds is 4. The molecule has 1 aromatic heterocycles. The zero-order valence-electron chi connectivity index (χ0n) is 9.64. The maximum absolute atomic E-state index is 5.46. The van der Waals surface area contributed by atoms with Gasteiger partial charge >= 0.3 is 0 Å². The van der Waals surface area contributed by atoms with Gasteiger partial charge in [0.2, 0.25) is 0 Å². The van der Waals surface area contributed by atoms with Crippen LogP contribution >= 0.6 is 12.4 Å². The summed E-state index contributed by atoms with van der Waals surface area (Å²) in [5, 5.41) is 5.30. The van der Waals surface area contributed by atoms with Crippen LogP contribution in [0.15, 0.2) is 30.5 Å². The van der Waals surface area contributed by atoms with E-state index in [9.17, 15) is 0 Å². The molecule has 3 N–H and O–H groups in total. The lowest BCUT2D eigenvalue weighted by atomic mass is 10.1. The van der Waals surface area contributed by atoms with Crippen LogP contribution in [0.1, 0.15) is 0 Å². The molecule has 0 radical (unpaired) electrons. The number of aromatic nitrogens is 1. The standard InChI is InChI=1S/C12H15N3O.ClH/c1-16-11-4-2-3-10-9(11)5-7-14-12(10)15-8-6-13;/h2-5,7H,6,8,13H2,1H3,(H,14,15);1H. The SMILES string of the molecule is COc1cccc2c(NCCN)nccc12.Cl. The number of benzene rings is 1. The smallest absolute Gasteiger partial charge is 0.133 e. The molecule has 5 heteroatoms. The number of nitrogens with two attached hydrogens (primary N) is 1. The van der Waals surface area contributed by atoms with Crippen LogP contribution in [0.4, 0.5) is 5.82 Å². The molecule has 17 heavy (non-hydrogen) atoms. The van der Waals surface area contributed by atoms with Crippen molar-refractivity contribution in [3.63, 3.8) is 0 Å². The van der Waals surface area contributed by atoms with E-state index in [0.29, 0.717) is 13.1 Å². The molecule has 0 aliphatic heterocycles. The highest BCUT2D eigenvalue weighted by Gasteiger charge is 2.05. The number of nitrogens with one attached hydrogen (secondary N) is 1. The maximum Gasteiger partial charge on any atom is 0.133 e. The minimum atomic E-state index is 0. The molecule has 92 valence electrons. The van der Waals surface area contributed by atoms with E-state index in [-0.39, 0.29) is 12.4 Å². The molecular weight excluding hydrogens is 238 g/mol. The van der Waals surface area contributed by atoms with Gasteiger partial charge in [-0.3, -0.25) is 0 Å². The second-order valence-corrected chi connectivity index (χ2v) is 3.43. The minimum Gasteiger partial charge on any atom is -0.496 e. The fraction of sp³-hybridized carbons (Fsp3) is 0.250. The summed E-state index contributed by atoms with van der Waals surface area (Å²) >= 11 is 0. The molecule has 0 spiro atoms. The Balaban J connectivity index is 0.00000144. The van der Waals surface area contributed by atoms with Gasteiger partial charge in [-0.2, -0.15) is 0 Å². The van der Waals surface area contributed by atoms with Gasteiger partial charge in [-0.15, -0.1) is 12.4 Å². The van der Waals surface area contributed by atoms with E-state index in [1.807, 2.05) is 24.3 Å². The van der Waals surface area contributed by atoms with Crippen molar-refractivity contribution in [1.29, 1.82) is 0 Å². The van der Waals surface area contributed by atoms with Crippen molar-refractivity contribution >= 4 is 29.0 Å². The third-order valence-corrected chi connectivity index (χ3v) is 2.42. The van der Waals surface area contributed by atoms with Gasteiger partial charge in [0, 0.05) is 30.1 Å². The Morgan fingerprint density at radius 2 is 2.12 bits per heavy atom. The summed E-state index contributed by atoms with van der Waals surface area (Å²) in [7, 11) is 1.67. The van der Waals surface area contributed by atoms with E-state index >= 15 is 0 Å². The van der Waals surface area contributed by atoms with Crippen LogP contribution in [-0.4, -0.2) is 25.2 Å². The summed E-state index contributed by atoms with van der Waals surface area (Å²) in [5.41, 5.74) is 5.46. The molecule has 0 saturated heterocycles. The van der Waals surface area contributed by atoms with Crippen molar-refractivity contribution in [3.05, 3.63) is 30.5 Å². The van der Waals surface area contributed by atoms with Crippen molar-refractivity contribution in [2.75, 3.05) is 25.5 Å². The predicted octanol–water partition coefficient (Wildman–Crippen LogP) is 2.04. The maximum atomic E-state index is 5.46. The molecule has 0 amide bonds. The average molecular weight is 254 g/mol. The molecule has 4 nitrogen and oxygen atoms in total. The Hall–Kier alpha value is -1.52. The number of ether oxygens (including phenoxy) is 1. The Bertz CT molecular complexity index is 490. The molecule has 0 bridgehead atoms. The van der Waals surface area contributed by atoms with Gasteiger partial charge in [-0.1, -0.05) is 12.1 Å². The van der Waals surface area contributed by atoms with Gasteiger partial charge in [-0.05, 0) is 12.1 Å². The average Bonchev–Trinajstić information content (AvgIpc) is 2.35. The van der Waals surface area contributed by atoms with Gasteiger partial charge in [0.05, 0.1) is 7.11 Å². The van der Waals surface area contributed by atoms with Crippen molar-refractivity contribution < 1.29 is 4.74 Å². The summed E-state index contributed by atoms with van der Waals surface area (Å²) in [6, 6.07) is 7.86. The first kappa shape index (κ1) is 13.5. The van der Waals surface area contributed by atoms with Crippen LogP contribution in [0, 0.1) is 0 Å². The summed E-state index contributed by atoms with van der Waals surface area (Å²) in [4.78, 5) is 4.30. The number of pyridine rings is 1. The Labute approximate surface area is 107 Å². The zero-order chi connectivity index (χ0) is 11.4. The van der Waals surface area contributed by atoms with Crippen molar-refractivity contribution in [2.45, 2.75) is 0 Å². The zero-order valence-corrected chi connectivity index (χ0v) is 10.5. The normalized spacial score (nSPS) is 9.76. The molecule has 0 saturated carbocycles. The van der Waals surface area contributed by atoms with Crippen LogP contribution in [0.5, 0.6) is 5.75 Å². The molecule has 1 heterocycles. The Kier molecular flexibility index (Phi) is 5.00. The first-order chi connectivity index (χ1) is 7.86. The first-order valence-electron chi connectivity index (χ1n) is 5.22. The van der Waals surface area contributed by atoms with Crippen molar-refractivity contribution in [1.82, 2.24) is 4.98 Å². The summed E-state index contributed by atoms with van der Waals surface area (Å²) in [6.07, 6.45) is 1.77. The molecule has 0 aliphatic carbocycles. The summed E-state index contributed by atoms with van der Waals surface area (Å²) < 4.78 is 5.31. The lowest BCUT2D eigenvalue weighted by Crippen LogP contribution is -2.14. The van der Waals surface area contributed by atoms with Gasteiger partial charge < -0.3 is 15.8 Å². The van der Waals surface area contributed by atoms with E-state index in [4.69, 9.17) is 10.5 Å². The number of anilines is 1. The molecular formula is C12H16ClN3O. The van der Waals surface area contributed by atoms with E-state index in [0.717, 1.165) is 22.3 Å². The van der Waals surface area contributed by atoms with Crippen LogP contribution in [-0.2, 0) is 0 Å². The topological polar surface area (TPSA) is 60.2 Å². The van der Waals surface area contributed by atoms with Gasteiger partial charge in [0.25, 0.3) is 0 Å². The fourth-order valence-electron chi connectivity index (χ4n) is 1.69. The molecule has 0 aliphatic rings. The number of halogens is 1. The summed E-state index contributed by atoms with van der Waals surface area (Å²) in [6.45, 7) is 1.30. The number of methoxy groups -OCH3 is 1. The number of nitrogens with zero attached hydrogens (tertiary/aromatic N) is 1. The Morgan fingerprint density at radius 1 is 1.29 bits per heavy atom. The van der Waals surface area contributed by atoms with Gasteiger partial charge in [0.15, 0.2) is 0 Å². The lowest BCUT2D eigenvalue weighted by Gasteiger charge is -2.09. The molecule has 0 unspecified atom stereocenters. The molecule has 0 fully saturated rings. The van der Waals surface area contributed by atoms with Gasteiger partial charge in [-0.25, -0.2) is 4.98 Å². The van der Waals surface area contributed by atoms with E-state index in [2.05, 4.69) is 10.3 Å². The van der Waals surface area contributed by atoms with E-state index in [1.54, 1.807) is 13.3 Å². The fourth-order valence-corrected chi connectivity index (χ4v) is 1.69. The predicted molar refractivity (Wildman–Crippen MR) is 73.1 cm³/mol. The highest BCUT2D eigenvalue weighted by Crippen LogP contribution is 2.28. The lowest BCUT2D eigenvalue weighted by molar-refractivity contribution is 0.420. The molecule has 1 aromatic carbocycles. The van der Waals surface area contributed by atoms with Crippen LogP contribution in [0.2, 0.25) is 0 Å². The van der Waals surface area contributed by atoms with Crippen LogP contribution in [0.25, 0.3) is 10.8 Å². The molecule has 2 aromatic rings. The van der Waals surface area contributed by atoms with Crippen LogP contribution in [0.3, 0.4) is 0 Å². The van der Waals surface area contributed by atoms with Crippen molar-refractivity contribution in [2.24, 2.45) is 5.73 Å². The third-order valence-electron chi connectivity index (χ3n) is 2.42. The first-order valence-corrected chi connectivity index (χ1v) is 5.22. The van der Waals surface area contributed by atoms with Crippen LogP contribution < -0.4 is 15.8 Å². The molecule has 0 atom stereocenters. The quantitative estimate of drug-likeness (QED) is 0.876. The monoisotopic (exact) mass is 253 g/mol. The molecule has 2 rings (SSSR count). The Morgan fingerprint density at radius 3 is 2.82 bits per heavy atom. The van der Waals surface area contributed by atoms with Gasteiger partial charge in [0.1, 0.15) is 11.6 Å². The number of fused-ring (bicyclic) bond motifs is 1. The minimum absolute atomic E-state index is 0. The summed E-state index contributed by atoms with van der Waals surface area (Å²) in [5.74, 6) is 1.71. The van der Waals surface area contributed by atoms with E-state index in [1.165, 1.54) is 0 Å². The highest BCUT2D eigenvalue weighted by atomic mass is 35.5. The highest BCUT2D eigenvalue weighted by molar-refractivity contribution is 5.95. The second-order valence-electron chi connectivity index (χ2n) is 3.43. The third kappa shape index (κ3) is 2.78. The number of hydrogen-bond acceptors (Lipinski definition) is 4. The number of hydrogen-bond donors (Lipinski definition) is 2. The second kappa shape index (κ2) is 6.27.